The fourth-order valence-electron chi connectivity index (χ4n) is 12.5. The molecule has 25 N–H and O–H groups in total. The monoisotopic (exact) mass is 1700 g/mol. The lowest BCUT2D eigenvalue weighted by Gasteiger charge is -2.29. The van der Waals surface area contributed by atoms with Crippen LogP contribution in [0.2, 0.25) is 0 Å². The van der Waals surface area contributed by atoms with Crippen LogP contribution < -0.4 is 97.8 Å². The van der Waals surface area contributed by atoms with Gasteiger partial charge in [0.25, 0.3) is 0 Å². The SMILES string of the molecule is C#CCOCCOCCOCCOCCC(=O)N(CC(=O)N[C@@H](CCCCCC)C(C)=O)CC(=O)N[C@@H](CCCCCC)C(=O)N[C@@H](CCN)C(=O)N[C@H](C(=O)N[C@@H](CCN)C(=O)N[C@H]1CCNC(=O)[C@H]([C@@H](C)O)NC(=O)[C@H](CCN)NC(=O)[C@H](CCN)NC(=O)[C@H](CC(C)C)NC(=O)[C@@H](Cc2ccccc2)NC(=O)[C@H](CCN)NC1=O)[C@@H](C)O. The van der Waals surface area contributed by atoms with Crippen molar-refractivity contribution in [2.75, 3.05) is 105 Å². The summed E-state index contributed by atoms with van der Waals surface area (Å²) < 4.78 is 21.7. The highest BCUT2D eigenvalue weighted by atomic mass is 16.6. The first-order valence-electron chi connectivity index (χ1n) is 41.7. The Morgan fingerprint density at radius 1 is 0.508 bits per heavy atom. The Kier molecular flexibility index (Phi) is 54.9. The molecule has 40 nitrogen and oxygen atoms in total. The molecule has 1 aromatic rings. The third-order valence-electron chi connectivity index (χ3n) is 19.1. The standard InChI is InChI=1S/C80H137N19O21/c1-9-12-14-19-23-55(51(6)100)87-65(103)48-99(67(105)31-39-118-41-43-120-45-44-119-42-40-117-38-11-3)49-66(104)88-56(24-20-15-13-10-2)70(106)90-61(29-36-85)76(112)98-69(53(8)102)80(116)94-59(27-34-83)72(108)93-62-30-37-86-79(115)68(52(7)101)97-75(111)60(28-35-84)91-71(107)57(25-32-81)92-77(113)63(46-50(4)5)95-78(114)64(47-54-21-17-16-18-22-54)96-73(109)58(26-33-82)89-74(62)110/h3,16-18,21-22,50,52-53,55-64,68-69,101-102H,9-10,12-15,19-20,23-49,81-85H2,1-2,4-8H3,(H,86,115)(H,87,103)(H,88,104)(H,89,110)(H,90,106)(H,91,107)(H,92,113)(H,93,108)(H,94,116)(H,95,114)(H,96,109)(H,97,111)(H,98,112)/t52-,53-,55+,56+,57+,58+,59+,60+,61+,62+,63+,64-,68+,69+/m1/s1. The summed E-state index contributed by atoms with van der Waals surface area (Å²) in [5.41, 5.74) is 30.4. The highest BCUT2D eigenvalue weighted by molar-refractivity contribution is 6.00. The largest absolute Gasteiger partial charge is 0.391 e. The molecule has 14 amide bonds. The van der Waals surface area contributed by atoms with E-state index in [1.807, 2.05) is 13.8 Å². The lowest BCUT2D eigenvalue weighted by Crippen LogP contribution is -2.62. The number of nitrogens with one attached hydrogen (secondary N) is 13. The van der Waals surface area contributed by atoms with Gasteiger partial charge in [-0.25, -0.2) is 0 Å². The number of Topliss-reactive ketones (excluding diaryl/α,β-unsaturated/α-hetero) is 1. The Labute approximate surface area is 704 Å². The summed E-state index contributed by atoms with van der Waals surface area (Å²) in [4.78, 5) is 214. The molecular formula is C80H137N19O21. The van der Waals surface area contributed by atoms with Gasteiger partial charge >= 0.3 is 0 Å². The predicted octanol–water partition coefficient (Wildman–Crippen LogP) is -5.43. The second-order valence-corrected chi connectivity index (χ2v) is 29.9. The van der Waals surface area contributed by atoms with Gasteiger partial charge in [0.1, 0.15) is 86.2 Å². The Hall–Kier alpha value is -9.41. The average Bonchev–Trinajstić information content (AvgIpc) is 0.971. The van der Waals surface area contributed by atoms with Crippen LogP contribution in [-0.2, 0) is 97.3 Å². The molecule has 678 valence electrons. The van der Waals surface area contributed by atoms with Gasteiger partial charge in [0.2, 0.25) is 82.7 Å². The number of terminal acetylenes is 1. The molecule has 14 atom stereocenters. The first-order chi connectivity index (χ1) is 57.3. The summed E-state index contributed by atoms with van der Waals surface area (Å²) in [6.45, 7) is 9.43. The van der Waals surface area contributed by atoms with Crippen LogP contribution in [-0.4, -0.2) is 294 Å². The van der Waals surface area contributed by atoms with E-state index in [4.69, 9.17) is 54.0 Å². The van der Waals surface area contributed by atoms with Gasteiger partial charge < -0.3 is 132 Å². The molecule has 0 aromatic heterocycles. The van der Waals surface area contributed by atoms with Crippen molar-refractivity contribution in [2.24, 2.45) is 34.6 Å². The van der Waals surface area contributed by atoms with Gasteiger partial charge in [0, 0.05) is 13.0 Å². The second-order valence-electron chi connectivity index (χ2n) is 29.9. The van der Waals surface area contributed by atoms with Crippen molar-refractivity contribution in [3.8, 4) is 12.3 Å². The first-order valence-corrected chi connectivity index (χ1v) is 41.7. The van der Waals surface area contributed by atoms with Crippen LogP contribution in [0.15, 0.2) is 30.3 Å². The molecular weight excluding hydrogens is 1560 g/mol. The molecule has 1 aromatic carbocycles. The number of carbonyl (C=O) groups is 15. The average molecular weight is 1700 g/mol. The minimum absolute atomic E-state index is 0.00569. The van der Waals surface area contributed by atoms with E-state index in [1.165, 1.54) is 13.8 Å². The fraction of sp³-hybridized carbons (Fsp3) is 0.713. The lowest BCUT2D eigenvalue weighted by molar-refractivity contribution is -0.141. The smallest absolute Gasteiger partial charge is 0.245 e. The van der Waals surface area contributed by atoms with Crippen molar-refractivity contribution in [1.82, 2.24) is 74.0 Å². The van der Waals surface area contributed by atoms with E-state index in [-0.39, 0.29) is 142 Å². The number of benzene rings is 1. The van der Waals surface area contributed by atoms with Crippen LogP contribution in [0.25, 0.3) is 0 Å². The maximum Gasteiger partial charge on any atom is 0.245 e. The number of hydrogen-bond donors (Lipinski definition) is 20. The van der Waals surface area contributed by atoms with Crippen LogP contribution in [0.4, 0.5) is 0 Å². The van der Waals surface area contributed by atoms with E-state index < -0.39 is 193 Å². The molecule has 0 radical (unpaired) electrons. The number of carbonyl (C=O) groups excluding carboxylic acids is 15. The number of aliphatic hydroxyl groups is 2. The van der Waals surface area contributed by atoms with E-state index in [9.17, 15) is 82.1 Å². The molecule has 1 saturated heterocycles. The van der Waals surface area contributed by atoms with Crippen molar-refractivity contribution >= 4 is 88.5 Å². The van der Waals surface area contributed by atoms with Crippen molar-refractivity contribution in [1.29, 1.82) is 0 Å². The van der Waals surface area contributed by atoms with E-state index in [0.29, 0.717) is 44.5 Å². The zero-order chi connectivity index (χ0) is 89.5. The molecule has 0 spiro atoms. The van der Waals surface area contributed by atoms with Gasteiger partial charge in [-0.15, -0.1) is 6.42 Å². The molecule has 1 fully saturated rings. The Morgan fingerprint density at radius 3 is 1.44 bits per heavy atom. The highest BCUT2D eigenvalue weighted by Gasteiger charge is 2.39. The van der Waals surface area contributed by atoms with Crippen molar-refractivity contribution in [3.05, 3.63) is 35.9 Å². The van der Waals surface area contributed by atoms with Crippen molar-refractivity contribution in [3.63, 3.8) is 0 Å². The summed E-state index contributed by atoms with van der Waals surface area (Å²) >= 11 is 0. The molecule has 1 aliphatic rings. The van der Waals surface area contributed by atoms with Crippen molar-refractivity contribution < 1.29 is 101 Å². The summed E-state index contributed by atoms with van der Waals surface area (Å²) in [6.07, 6.45) is 5.62. The van der Waals surface area contributed by atoms with Gasteiger partial charge in [0.15, 0.2) is 5.78 Å². The molecule has 40 heteroatoms. The van der Waals surface area contributed by atoms with E-state index in [2.05, 4.69) is 75.0 Å². The minimum Gasteiger partial charge on any atom is -0.391 e. The minimum atomic E-state index is -1.92. The third kappa shape index (κ3) is 43.2. The summed E-state index contributed by atoms with van der Waals surface area (Å²) in [7, 11) is 0. The quantitative estimate of drug-likeness (QED) is 0.0214. The van der Waals surface area contributed by atoms with Crippen LogP contribution in [0, 0.1) is 18.3 Å². The van der Waals surface area contributed by atoms with Crippen LogP contribution in [0.3, 0.4) is 0 Å². The normalized spacial score (nSPS) is 19.7. The molecule has 0 bridgehead atoms. The van der Waals surface area contributed by atoms with E-state index in [0.717, 1.165) is 43.9 Å². The van der Waals surface area contributed by atoms with E-state index in [1.54, 1.807) is 44.2 Å². The Morgan fingerprint density at radius 2 is 0.950 bits per heavy atom. The predicted molar refractivity (Wildman–Crippen MR) is 444 cm³/mol. The third-order valence-corrected chi connectivity index (χ3v) is 19.1. The Balaban J connectivity index is 2.62. The zero-order valence-electron chi connectivity index (χ0n) is 70.9. The molecule has 0 aliphatic carbocycles. The van der Waals surface area contributed by atoms with E-state index >= 15 is 0 Å². The summed E-state index contributed by atoms with van der Waals surface area (Å²) in [6, 6.07) is -9.77. The number of ketones is 1. The summed E-state index contributed by atoms with van der Waals surface area (Å²) in [5.74, 6) is -11.5. The second kappa shape index (κ2) is 61.8. The molecule has 1 aliphatic heterocycles. The van der Waals surface area contributed by atoms with Crippen molar-refractivity contribution in [2.45, 2.75) is 255 Å². The number of amides is 14. The zero-order valence-corrected chi connectivity index (χ0v) is 70.9. The topological polar surface area (TPSA) is 623 Å². The maximum absolute atomic E-state index is 14.8. The maximum atomic E-state index is 14.8. The van der Waals surface area contributed by atoms with Crippen LogP contribution >= 0.6 is 0 Å². The lowest BCUT2D eigenvalue weighted by atomic mass is 10.00. The molecule has 0 unspecified atom stereocenters. The van der Waals surface area contributed by atoms with Crippen LogP contribution in [0.5, 0.6) is 0 Å². The fourth-order valence-corrected chi connectivity index (χ4v) is 12.5. The van der Waals surface area contributed by atoms with Gasteiger partial charge in [-0.1, -0.05) is 115 Å². The number of nitrogens with zero attached hydrogens (tertiary/aromatic N) is 1. The molecule has 1 heterocycles. The Bertz CT molecular complexity index is 3370. The van der Waals surface area contributed by atoms with Gasteiger partial charge in [-0.3, -0.25) is 71.9 Å². The summed E-state index contributed by atoms with van der Waals surface area (Å²) in [5, 5.41) is 55.4. The first kappa shape index (κ1) is 107. The van der Waals surface area contributed by atoms with Gasteiger partial charge in [0.05, 0.1) is 70.9 Å². The number of aliphatic hydroxyl groups excluding tert-OH is 2. The van der Waals surface area contributed by atoms with Crippen LogP contribution in [0.1, 0.15) is 170 Å². The van der Waals surface area contributed by atoms with Gasteiger partial charge in [-0.05, 0) is 123 Å². The molecule has 2 rings (SSSR count). The number of rotatable bonds is 54. The number of unbranched alkanes of at least 4 members (excludes halogenated alkanes) is 6. The number of hydrogen-bond acceptors (Lipinski definition) is 26. The highest BCUT2D eigenvalue weighted by Crippen LogP contribution is 2.15. The number of ether oxygens (including phenoxy) is 4. The molecule has 120 heavy (non-hydrogen) atoms. The van der Waals surface area contributed by atoms with Gasteiger partial charge in [-0.2, -0.15) is 0 Å². The number of nitrogens with two attached hydrogens (primary N) is 5. The molecule has 0 saturated carbocycles.